The van der Waals surface area contributed by atoms with Gasteiger partial charge in [0.2, 0.25) is 5.88 Å². The van der Waals surface area contributed by atoms with E-state index in [4.69, 9.17) is 14.5 Å². The Kier molecular flexibility index (Phi) is 6.45. The molecule has 0 amide bonds. The molecule has 1 aliphatic rings. The Labute approximate surface area is 161 Å². The quantitative estimate of drug-likeness (QED) is 0.749. The minimum atomic E-state index is -0.0428. The number of methoxy groups -OCH3 is 1. The molecule has 1 aliphatic heterocycles. The Morgan fingerprint density at radius 2 is 2.00 bits per heavy atom. The van der Waals surface area contributed by atoms with Crippen LogP contribution in [0, 0.1) is 5.92 Å². The summed E-state index contributed by atoms with van der Waals surface area (Å²) in [6, 6.07) is 11.5. The molecule has 2 aromatic rings. The van der Waals surface area contributed by atoms with E-state index in [1.54, 1.807) is 13.2 Å². The summed E-state index contributed by atoms with van der Waals surface area (Å²) in [5.74, 6) is 1.84. The van der Waals surface area contributed by atoms with Gasteiger partial charge in [0, 0.05) is 34.7 Å². The molecule has 0 bridgehead atoms. The van der Waals surface area contributed by atoms with Crippen LogP contribution in [-0.4, -0.2) is 31.0 Å². The number of aromatic nitrogens is 1. The van der Waals surface area contributed by atoms with Crippen molar-refractivity contribution < 1.29 is 14.3 Å². The van der Waals surface area contributed by atoms with E-state index in [-0.39, 0.29) is 11.7 Å². The minimum absolute atomic E-state index is 0.0428. The summed E-state index contributed by atoms with van der Waals surface area (Å²) in [5, 5.41) is 3.38. The molecule has 1 saturated heterocycles. The second kappa shape index (κ2) is 9.00. The molecule has 1 fully saturated rings. The Balaban J connectivity index is 1.70. The molecule has 0 aliphatic carbocycles. The monoisotopic (exact) mass is 368 g/mol. The van der Waals surface area contributed by atoms with Gasteiger partial charge in [-0.3, -0.25) is 4.79 Å². The van der Waals surface area contributed by atoms with E-state index in [9.17, 15) is 4.79 Å². The van der Waals surface area contributed by atoms with Crippen LogP contribution in [-0.2, 0) is 6.61 Å². The van der Waals surface area contributed by atoms with Crippen molar-refractivity contribution in [2.75, 3.05) is 20.2 Å². The third-order valence-corrected chi connectivity index (χ3v) is 4.97. The summed E-state index contributed by atoms with van der Waals surface area (Å²) in [5.41, 5.74) is 2.65. The van der Waals surface area contributed by atoms with E-state index in [1.165, 1.54) is 0 Å². The summed E-state index contributed by atoms with van der Waals surface area (Å²) >= 11 is 0. The molecule has 1 aromatic heterocycles. The fourth-order valence-corrected chi connectivity index (χ4v) is 3.36. The zero-order valence-corrected chi connectivity index (χ0v) is 16.3. The number of piperidine rings is 1. The first-order chi connectivity index (χ1) is 13.1. The normalized spacial score (nSPS) is 15.0. The molecular formula is C22H28N2O3. The van der Waals surface area contributed by atoms with Crippen LogP contribution in [0.4, 0.5) is 0 Å². The number of nitrogens with one attached hydrogen (secondary N) is 1. The summed E-state index contributed by atoms with van der Waals surface area (Å²) in [6.45, 7) is 6.22. The second-order valence-corrected chi connectivity index (χ2v) is 7.26. The summed E-state index contributed by atoms with van der Waals surface area (Å²) in [6.07, 6.45) is 2.21. The first kappa shape index (κ1) is 19.4. The number of benzene rings is 1. The number of Topliss-reactive ketones (excluding diaryl/α,β-unsaturated/α-hetero) is 1. The third-order valence-electron chi connectivity index (χ3n) is 4.97. The Bertz CT molecular complexity index is 783. The number of ketones is 1. The second-order valence-electron chi connectivity index (χ2n) is 7.26. The molecule has 0 unspecified atom stereocenters. The molecular weight excluding hydrogens is 340 g/mol. The molecule has 5 heteroatoms. The Morgan fingerprint density at radius 1 is 1.22 bits per heavy atom. The van der Waals surface area contributed by atoms with Crippen LogP contribution in [0.1, 0.15) is 54.2 Å². The van der Waals surface area contributed by atoms with Crippen molar-refractivity contribution in [3.8, 4) is 11.6 Å². The van der Waals surface area contributed by atoms with Crippen LogP contribution in [0.2, 0.25) is 0 Å². The van der Waals surface area contributed by atoms with Gasteiger partial charge in [-0.25, -0.2) is 4.98 Å². The minimum Gasteiger partial charge on any atom is -0.496 e. The highest BCUT2D eigenvalue weighted by Gasteiger charge is 2.17. The van der Waals surface area contributed by atoms with Gasteiger partial charge in [-0.1, -0.05) is 32.0 Å². The molecule has 1 aromatic carbocycles. The molecule has 0 radical (unpaired) electrons. The fourth-order valence-electron chi connectivity index (χ4n) is 3.36. The maximum absolute atomic E-state index is 12.2. The van der Waals surface area contributed by atoms with Gasteiger partial charge in [0.15, 0.2) is 5.78 Å². The van der Waals surface area contributed by atoms with E-state index in [0.717, 1.165) is 37.2 Å². The van der Waals surface area contributed by atoms with Gasteiger partial charge in [-0.05, 0) is 38.1 Å². The first-order valence-electron chi connectivity index (χ1n) is 9.60. The van der Waals surface area contributed by atoms with E-state index in [1.807, 2.05) is 38.1 Å². The van der Waals surface area contributed by atoms with Crippen molar-refractivity contribution in [1.82, 2.24) is 10.3 Å². The highest BCUT2D eigenvalue weighted by Crippen LogP contribution is 2.26. The number of hydrogen-bond acceptors (Lipinski definition) is 5. The summed E-state index contributed by atoms with van der Waals surface area (Å²) in [4.78, 5) is 16.9. The largest absolute Gasteiger partial charge is 0.496 e. The van der Waals surface area contributed by atoms with Gasteiger partial charge in [0.1, 0.15) is 12.4 Å². The van der Waals surface area contributed by atoms with E-state index in [2.05, 4.69) is 11.4 Å². The highest BCUT2D eigenvalue weighted by atomic mass is 16.5. The van der Waals surface area contributed by atoms with Crippen molar-refractivity contribution in [2.45, 2.75) is 39.2 Å². The smallest absolute Gasteiger partial charge is 0.213 e. The van der Waals surface area contributed by atoms with Crippen molar-refractivity contribution in [2.24, 2.45) is 5.92 Å². The van der Waals surface area contributed by atoms with Crippen molar-refractivity contribution >= 4 is 5.78 Å². The van der Waals surface area contributed by atoms with Crippen molar-refractivity contribution in [3.05, 3.63) is 53.2 Å². The summed E-state index contributed by atoms with van der Waals surface area (Å²) in [7, 11) is 1.61. The van der Waals surface area contributed by atoms with Gasteiger partial charge < -0.3 is 14.8 Å². The lowest BCUT2D eigenvalue weighted by molar-refractivity contribution is 0.0939. The number of pyridine rings is 1. The molecule has 3 rings (SSSR count). The fraction of sp³-hybridized carbons (Fsp3) is 0.455. The van der Waals surface area contributed by atoms with Crippen LogP contribution in [0.15, 0.2) is 36.4 Å². The predicted molar refractivity (Wildman–Crippen MR) is 106 cm³/mol. The van der Waals surface area contributed by atoms with Crippen LogP contribution in [0.25, 0.3) is 0 Å². The van der Waals surface area contributed by atoms with E-state index >= 15 is 0 Å². The predicted octanol–water partition coefficient (Wildman–Crippen LogP) is 3.97. The molecule has 1 N–H and O–H groups in total. The van der Waals surface area contributed by atoms with E-state index < -0.39 is 0 Å². The molecule has 0 atom stereocenters. The lowest BCUT2D eigenvalue weighted by Crippen LogP contribution is -2.27. The summed E-state index contributed by atoms with van der Waals surface area (Å²) < 4.78 is 11.4. The molecule has 5 nitrogen and oxygen atoms in total. The van der Waals surface area contributed by atoms with Crippen LogP contribution in [0.5, 0.6) is 11.6 Å². The van der Waals surface area contributed by atoms with Crippen LogP contribution >= 0.6 is 0 Å². The van der Waals surface area contributed by atoms with Gasteiger partial charge in [0.05, 0.1) is 7.11 Å². The third kappa shape index (κ3) is 4.86. The van der Waals surface area contributed by atoms with Crippen LogP contribution in [0.3, 0.4) is 0 Å². The number of ether oxygens (including phenoxy) is 2. The average Bonchev–Trinajstić information content (AvgIpc) is 2.72. The zero-order chi connectivity index (χ0) is 19.2. The maximum atomic E-state index is 12.2. The van der Waals surface area contributed by atoms with Gasteiger partial charge in [0.25, 0.3) is 0 Å². The molecule has 144 valence electrons. The number of nitrogens with zero attached hydrogens (tertiary/aromatic N) is 1. The lowest BCUT2D eigenvalue weighted by Gasteiger charge is -2.22. The molecule has 27 heavy (non-hydrogen) atoms. The standard InChI is InChI=1S/C22H28N2O3/c1-15(2)22(25)17-7-8-18(20(13-17)26-3)14-27-21-6-4-5-19(24-21)16-9-11-23-12-10-16/h4-8,13,15-16,23H,9-12,14H2,1-3H3. The highest BCUT2D eigenvalue weighted by molar-refractivity contribution is 5.97. The Morgan fingerprint density at radius 3 is 2.70 bits per heavy atom. The lowest BCUT2D eigenvalue weighted by atomic mass is 9.94. The first-order valence-corrected chi connectivity index (χ1v) is 9.60. The van der Waals surface area contributed by atoms with Gasteiger partial charge in [-0.15, -0.1) is 0 Å². The van der Waals surface area contributed by atoms with Gasteiger partial charge >= 0.3 is 0 Å². The average molecular weight is 368 g/mol. The van der Waals surface area contributed by atoms with Gasteiger partial charge in [-0.2, -0.15) is 0 Å². The van der Waals surface area contributed by atoms with Crippen molar-refractivity contribution in [3.63, 3.8) is 0 Å². The Hall–Kier alpha value is -2.40. The number of carbonyl (C=O) groups is 1. The zero-order valence-electron chi connectivity index (χ0n) is 16.3. The SMILES string of the molecule is COc1cc(C(=O)C(C)C)ccc1COc1cccc(C2CCNCC2)n1. The molecule has 2 heterocycles. The maximum Gasteiger partial charge on any atom is 0.213 e. The van der Waals surface area contributed by atoms with E-state index in [0.29, 0.717) is 29.7 Å². The molecule has 0 spiro atoms. The number of hydrogen-bond donors (Lipinski definition) is 1. The molecule has 0 saturated carbocycles. The topological polar surface area (TPSA) is 60.5 Å². The number of carbonyl (C=O) groups excluding carboxylic acids is 1. The van der Waals surface area contributed by atoms with Crippen LogP contribution < -0.4 is 14.8 Å². The van der Waals surface area contributed by atoms with Crippen molar-refractivity contribution in [1.29, 1.82) is 0 Å². The number of rotatable bonds is 7.